The molecule has 24 heavy (non-hydrogen) atoms. The van der Waals surface area contributed by atoms with Gasteiger partial charge in [0, 0.05) is 5.39 Å². The van der Waals surface area contributed by atoms with E-state index in [-0.39, 0.29) is 11.6 Å². The Kier molecular flexibility index (Phi) is 4.26. The Balaban J connectivity index is 1.81. The van der Waals surface area contributed by atoms with Gasteiger partial charge in [-0.3, -0.25) is 4.79 Å². The average molecular weight is 328 g/mol. The van der Waals surface area contributed by atoms with Crippen LogP contribution in [-0.4, -0.2) is 24.8 Å². The second kappa shape index (κ2) is 6.10. The van der Waals surface area contributed by atoms with Crippen molar-refractivity contribution in [1.29, 1.82) is 0 Å². The van der Waals surface area contributed by atoms with Gasteiger partial charge in [0.15, 0.2) is 0 Å². The zero-order valence-electron chi connectivity index (χ0n) is 14.7. The van der Waals surface area contributed by atoms with E-state index >= 15 is 0 Å². The summed E-state index contributed by atoms with van der Waals surface area (Å²) in [6.45, 7) is 9.09. The number of rotatable bonds is 6. The van der Waals surface area contributed by atoms with Crippen LogP contribution in [0.3, 0.4) is 0 Å². The average Bonchev–Trinajstić information content (AvgIpc) is 3.31. The topological polar surface area (TPSA) is 48.1 Å². The van der Waals surface area contributed by atoms with Crippen LogP contribution in [-0.2, 0) is 9.53 Å². The van der Waals surface area contributed by atoms with Crippen molar-refractivity contribution in [2.75, 3.05) is 13.2 Å². The number of hydrogen-bond donors (Lipinski definition) is 0. The van der Waals surface area contributed by atoms with Gasteiger partial charge in [0.2, 0.25) is 0 Å². The first kappa shape index (κ1) is 16.8. The van der Waals surface area contributed by atoms with Crippen LogP contribution in [0, 0.1) is 5.41 Å². The van der Waals surface area contributed by atoms with Crippen LogP contribution in [0.4, 0.5) is 0 Å². The lowest BCUT2D eigenvalue weighted by molar-refractivity contribution is -0.144. The zero-order valence-corrected chi connectivity index (χ0v) is 14.7. The van der Waals surface area contributed by atoms with E-state index in [2.05, 4.69) is 0 Å². The maximum Gasteiger partial charge on any atom is 0.316 e. The van der Waals surface area contributed by atoms with Crippen LogP contribution < -0.4 is 9.47 Å². The Bertz CT molecular complexity index is 759. The number of ether oxygens (including phenoxy) is 3. The van der Waals surface area contributed by atoms with Gasteiger partial charge in [-0.15, -0.1) is 0 Å². The first-order valence-corrected chi connectivity index (χ1v) is 8.35. The monoisotopic (exact) mass is 328 g/mol. The van der Waals surface area contributed by atoms with Crippen molar-refractivity contribution < 1.29 is 19.0 Å². The van der Waals surface area contributed by atoms with Crippen molar-refractivity contribution in [3.05, 3.63) is 36.4 Å². The predicted molar refractivity (Wildman–Crippen MR) is 93.5 cm³/mol. The number of epoxide rings is 1. The minimum Gasteiger partial charge on any atom is -0.490 e. The van der Waals surface area contributed by atoms with Gasteiger partial charge in [-0.05, 0) is 56.8 Å². The van der Waals surface area contributed by atoms with Crippen LogP contribution in [0.2, 0.25) is 0 Å². The van der Waals surface area contributed by atoms with Crippen molar-refractivity contribution in [3.63, 3.8) is 0 Å². The summed E-state index contributed by atoms with van der Waals surface area (Å²) in [5.74, 6) is 1.16. The lowest BCUT2D eigenvalue weighted by Gasteiger charge is -2.20. The molecular weight excluding hydrogens is 304 g/mol. The third-order valence-electron chi connectivity index (χ3n) is 4.63. The molecule has 0 aliphatic carbocycles. The number of carbonyl (C=O) groups excluding carboxylic acids is 1. The second-order valence-electron chi connectivity index (χ2n) is 7.29. The highest BCUT2D eigenvalue weighted by Gasteiger charge is 2.40. The van der Waals surface area contributed by atoms with Gasteiger partial charge < -0.3 is 14.2 Å². The Morgan fingerprint density at radius 1 is 1.29 bits per heavy atom. The molecule has 4 nitrogen and oxygen atoms in total. The van der Waals surface area contributed by atoms with E-state index in [1.807, 2.05) is 64.1 Å². The second-order valence-corrected chi connectivity index (χ2v) is 7.29. The van der Waals surface area contributed by atoms with E-state index in [9.17, 15) is 4.79 Å². The maximum absolute atomic E-state index is 12.3. The van der Waals surface area contributed by atoms with Crippen molar-refractivity contribution in [3.8, 4) is 11.5 Å². The molecule has 1 saturated heterocycles. The Labute approximate surface area is 142 Å². The van der Waals surface area contributed by atoms with Crippen LogP contribution in [0.25, 0.3) is 10.8 Å². The standard InChI is InChI=1S/C20H24O4/c1-5-19(2,3)18(21)24-17-8-6-7-14-11-15(9-10-16(14)17)22-12-20(4)13-23-20/h6-11H,5,12-13H2,1-4H3. The molecule has 1 unspecified atom stereocenters. The quantitative estimate of drug-likeness (QED) is 0.449. The van der Waals surface area contributed by atoms with Crippen molar-refractivity contribution in [1.82, 2.24) is 0 Å². The summed E-state index contributed by atoms with van der Waals surface area (Å²) in [6.07, 6.45) is 0.732. The largest absolute Gasteiger partial charge is 0.490 e. The molecule has 128 valence electrons. The molecule has 0 spiro atoms. The molecule has 1 aliphatic rings. The van der Waals surface area contributed by atoms with Crippen LogP contribution in [0.15, 0.2) is 36.4 Å². The Morgan fingerprint density at radius 3 is 2.71 bits per heavy atom. The Hall–Kier alpha value is -2.07. The van der Waals surface area contributed by atoms with E-state index in [0.717, 1.165) is 29.5 Å². The minimum absolute atomic E-state index is 0.141. The number of hydrogen-bond acceptors (Lipinski definition) is 4. The molecular formula is C20H24O4. The normalized spacial score (nSPS) is 20.0. The fourth-order valence-corrected chi connectivity index (χ4v) is 2.24. The van der Waals surface area contributed by atoms with Crippen molar-refractivity contribution in [2.45, 2.75) is 39.7 Å². The van der Waals surface area contributed by atoms with Gasteiger partial charge >= 0.3 is 5.97 Å². The molecule has 2 aromatic rings. The minimum atomic E-state index is -0.495. The number of esters is 1. The summed E-state index contributed by atoms with van der Waals surface area (Å²) in [6, 6.07) is 11.5. The molecule has 0 saturated carbocycles. The highest BCUT2D eigenvalue weighted by atomic mass is 16.6. The lowest BCUT2D eigenvalue weighted by Crippen LogP contribution is -2.28. The zero-order chi connectivity index (χ0) is 17.4. The molecule has 0 radical (unpaired) electrons. The van der Waals surface area contributed by atoms with Crippen LogP contribution in [0.5, 0.6) is 11.5 Å². The van der Waals surface area contributed by atoms with Gasteiger partial charge in [-0.1, -0.05) is 19.1 Å². The Morgan fingerprint density at radius 2 is 2.04 bits per heavy atom. The fraction of sp³-hybridized carbons (Fsp3) is 0.450. The van der Waals surface area contributed by atoms with E-state index in [4.69, 9.17) is 14.2 Å². The van der Waals surface area contributed by atoms with E-state index < -0.39 is 5.41 Å². The third kappa shape index (κ3) is 3.54. The van der Waals surface area contributed by atoms with E-state index in [1.165, 1.54) is 0 Å². The molecule has 1 fully saturated rings. The predicted octanol–water partition coefficient (Wildman–Crippen LogP) is 4.35. The molecule has 1 heterocycles. The summed E-state index contributed by atoms with van der Waals surface area (Å²) in [5.41, 5.74) is -0.636. The highest BCUT2D eigenvalue weighted by Crippen LogP contribution is 2.32. The van der Waals surface area contributed by atoms with Crippen LogP contribution in [0.1, 0.15) is 34.1 Å². The summed E-state index contributed by atoms with van der Waals surface area (Å²) < 4.78 is 16.8. The number of fused-ring (bicyclic) bond motifs is 1. The highest BCUT2D eigenvalue weighted by molar-refractivity contribution is 5.92. The summed E-state index contributed by atoms with van der Waals surface area (Å²) >= 11 is 0. The first-order chi connectivity index (χ1) is 11.3. The molecule has 0 N–H and O–H groups in total. The molecule has 0 bridgehead atoms. The molecule has 3 rings (SSSR count). The van der Waals surface area contributed by atoms with Gasteiger partial charge in [0.25, 0.3) is 0 Å². The number of carbonyl (C=O) groups is 1. The van der Waals surface area contributed by atoms with Crippen LogP contribution >= 0.6 is 0 Å². The summed E-state index contributed by atoms with van der Waals surface area (Å²) in [5, 5.41) is 1.88. The molecule has 0 aromatic heterocycles. The van der Waals surface area contributed by atoms with Gasteiger partial charge in [0.05, 0.1) is 12.0 Å². The SMILES string of the molecule is CCC(C)(C)C(=O)Oc1cccc2cc(OCC3(C)CO3)ccc12. The van der Waals surface area contributed by atoms with Crippen molar-refractivity contribution >= 4 is 16.7 Å². The lowest BCUT2D eigenvalue weighted by atomic mass is 9.91. The van der Waals surface area contributed by atoms with E-state index in [1.54, 1.807) is 0 Å². The smallest absolute Gasteiger partial charge is 0.316 e. The molecule has 4 heteroatoms. The maximum atomic E-state index is 12.3. The number of benzene rings is 2. The summed E-state index contributed by atoms with van der Waals surface area (Å²) in [4.78, 5) is 12.3. The van der Waals surface area contributed by atoms with Gasteiger partial charge in [-0.2, -0.15) is 0 Å². The van der Waals surface area contributed by atoms with Gasteiger partial charge in [-0.25, -0.2) is 0 Å². The van der Waals surface area contributed by atoms with Crippen molar-refractivity contribution in [2.24, 2.45) is 5.41 Å². The fourth-order valence-electron chi connectivity index (χ4n) is 2.24. The van der Waals surface area contributed by atoms with Gasteiger partial charge in [0.1, 0.15) is 23.7 Å². The molecule has 2 aromatic carbocycles. The van der Waals surface area contributed by atoms with E-state index in [0.29, 0.717) is 12.4 Å². The molecule has 1 atom stereocenters. The third-order valence-corrected chi connectivity index (χ3v) is 4.63. The summed E-state index contributed by atoms with van der Waals surface area (Å²) in [7, 11) is 0. The molecule has 1 aliphatic heterocycles. The molecule has 0 amide bonds. The first-order valence-electron chi connectivity index (χ1n) is 8.35.